The number of aromatic nitrogens is 1. The van der Waals surface area contributed by atoms with Crippen LogP contribution in [0.1, 0.15) is 24.5 Å². The molecule has 1 saturated heterocycles. The number of pyridine rings is 1. The first-order chi connectivity index (χ1) is 8.08. The molecule has 0 spiro atoms. The molecule has 0 aromatic carbocycles. The van der Waals surface area contributed by atoms with Gasteiger partial charge in [0.25, 0.3) is 0 Å². The maximum Gasteiger partial charge on any atom is 0.308 e. The van der Waals surface area contributed by atoms with Crippen LogP contribution in [0.2, 0.25) is 0 Å². The van der Waals surface area contributed by atoms with Gasteiger partial charge in [-0.2, -0.15) is 0 Å². The van der Waals surface area contributed by atoms with E-state index in [1.807, 2.05) is 26.2 Å². The summed E-state index contributed by atoms with van der Waals surface area (Å²) in [6.07, 6.45) is 4.43. The third kappa shape index (κ3) is 2.64. The molecule has 1 aromatic rings. The number of carbonyl (C=O) groups is 1. The molecule has 1 N–H and O–H groups in total. The lowest BCUT2D eigenvalue weighted by molar-refractivity contribution is -0.142. The number of rotatable bonds is 3. The molecule has 4 nitrogen and oxygen atoms in total. The molecule has 1 fully saturated rings. The highest BCUT2D eigenvalue weighted by Crippen LogP contribution is 2.25. The average Bonchev–Trinajstić information content (AvgIpc) is 2.61. The molecular weight excluding hydrogens is 216 g/mol. The molecule has 0 amide bonds. The van der Waals surface area contributed by atoms with Crippen LogP contribution < -0.4 is 0 Å². The van der Waals surface area contributed by atoms with E-state index in [0.29, 0.717) is 0 Å². The number of likely N-dealkylation sites (tertiary alicyclic amines) is 1. The van der Waals surface area contributed by atoms with Gasteiger partial charge < -0.3 is 5.11 Å². The monoisotopic (exact) mass is 234 g/mol. The summed E-state index contributed by atoms with van der Waals surface area (Å²) in [5.74, 6) is -0.907. The summed E-state index contributed by atoms with van der Waals surface area (Å²) in [5.41, 5.74) is 2.30. The van der Waals surface area contributed by atoms with E-state index in [-0.39, 0.29) is 12.0 Å². The Bertz CT molecular complexity index is 420. The molecule has 2 heterocycles. The zero-order valence-corrected chi connectivity index (χ0v) is 10.3. The van der Waals surface area contributed by atoms with Crippen LogP contribution in [0.3, 0.4) is 0 Å². The predicted molar refractivity (Wildman–Crippen MR) is 64.6 cm³/mol. The molecular formula is C13H18N2O2. The van der Waals surface area contributed by atoms with E-state index >= 15 is 0 Å². The summed E-state index contributed by atoms with van der Waals surface area (Å²) < 4.78 is 0. The summed E-state index contributed by atoms with van der Waals surface area (Å²) in [6, 6.07) is 2.21. The van der Waals surface area contributed by atoms with Gasteiger partial charge in [0, 0.05) is 25.0 Å². The van der Waals surface area contributed by atoms with Crippen molar-refractivity contribution >= 4 is 5.97 Å². The highest BCUT2D eigenvalue weighted by molar-refractivity contribution is 5.71. The minimum absolute atomic E-state index is 0.105. The van der Waals surface area contributed by atoms with E-state index < -0.39 is 5.97 Å². The molecule has 92 valence electrons. The number of hydrogen-bond acceptors (Lipinski definition) is 3. The van der Waals surface area contributed by atoms with Crippen LogP contribution in [0.5, 0.6) is 0 Å². The lowest BCUT2D eigenvalue weighted by Gasteiger charge is -2.22. The fraction of sp³-hybridized carbons (Fsp3) is 0.538. The Balaban J connectivity index is 2.03. The molecule has 1 aliphatic heterocycles. The molecule has 0 bridgehead atoms. The molecule has 2 atom stereocenters. The van der Waals surface area contributed by atoms with Crippen LogP contribution in [0.25, 0.3) is 0 Å². The maximum atomic E-state index is 11.0. The van der Waals surface area contributed by atoms with Crippen LogP contribution in [0, 0.1) is 12.8 Å². The number of carboxylic acids is 1. The molecule has 1 aromatic heterocycles. The Labute approximate surface area is 101 Å². The highest BCUT2D eigenvalue weighted by atomic mass is 16.4. The second-order valence-electron chi connectivity index (χ2n) is 4.82. The minimum atomic E-state index is -0.678. The van der Waals surface area contributed by atoms with Gasteiger partial charge in [0.1, 0.15) is 0 Å². The largest absolute Gasteiger partial charge is 0.481 e. The van der Waals surface area contributed by atoms with Crippen molar-refractivity contribution in [1.82, 2.24) is 9.88 Å². The average molecular weight is 234 g/mol. The van der Waals surface area contributed by atoms with Crippen molar-refractivity contribution < 1.29 is 9.90 Å². The van der Waals surface area contributed by atoms with Gasteiger partial charge in [-0.3, -0.25) is 14.7 Å². The van der Waals surface area contributed by atoms with Gasteiger partial charge in [-0.05, 0) is 37.9 Å². The van der Waals surface area contributed by atoms with E-state index in [1.165, 1.54) is 0 Å². The molecule has 4 heteroatoms. The van der Waals surface area contributed by atoms with Gasteiger partial charge >= 0.3 is 5.97 Å². The van der Waals surface area contributed by atoms with Crippen molar-refractivity contribution in [3.63, 3.8) is 0 Å². The topological polar surface area (TPSA) is 53.4 Å². The fourth-order valence-electron chi connectivity index (χ4n) is 2.50. The van der Waals surface area contributed by atoms with Gasteiger partial charge in [-0.15, -0.1) is 0 Å². The minimum Gasteiger partial charge on any atom is -0.481 e. The van der Waals surface area contributed by atoms with Gasteiger partial charge in [-0.1, -0.05) is 6.07 Å². The van der Waals surface area contributed by atoms with Crippen LogP contribution >= 0.6 is 0 Å². The Hall–Kier alpha value is -1.42. The smallest absolute Gasteiger partial charge is 0.308 e. The van der Waals surface area contributed by atoms with E-state index in [1.54, 1.807) is 0 Å². The molecule has 1 aliphatic rings. The van der Waals surface area contributed by atoms with Crippen LogP contribution in [-0.2, 0) is 11.3 Å². The molecule has 2 unspecified atom stereocenters. The zero-order chi connectivity index (χ0) is 12.4. The quantitative estimate of drug-likeness (QED) is 0.864. The summed E-state index contributed by atoms with van der Waals surface area (Å²) in [5, 5.41) is 9.07. The lowest BCUT2D eigenvalue weighted by atomic mass is 10.0. The molecule has 0 aliphatic carbocycles. The molecule has 17 heavy (non-hydrogen) atoms. The van der Waals surface area contributed by atoms with Crippen LogP contribution in [0.4, 0.5) is 0 Å². The van der Waals surface area contributed by atoms with Crippen LogP contribution in [-0.4, -0.2) is 33.5 Å². The second kappa shape index (κ2) is 4.84. The number of nitrogens with zero attached hydrogens (tertiary/aromatic N) is 2. The van der Waals surface area contributed by atoms with E-state index in [9.17, 15) is 4.79 Å². The van der Waals surface area contributed by atoms with Gasteiger partial charge in [0.15, 0.2) is 0 Å². The zero-order valence-electron chi connectivity index (χ0n) is 10.3. The number of hydrogen-bond donors (Lipinski definition) is 1. The van der Waals surface area contributed by atoms with Crippen molar-refractivity contribution in [2.75, 3.05) is 6.54 Å². The lowest BCUT2D eigenvalue weighted by Crippen LogP contribution is -2.32. The summed E-state index contributed by atoms with van der Waals surface area (Å²) in [4.78, 5) is 17.4. The predicted octanol–water partition coefficient (Wildman–Crippen LogP) is 1.69. The standard InChI is InChI=1S/C13H18N2O2/c1-9-5-11(7-14-6-9)8-15-4-3-12(10(15)2)13(16)17/h5-7,10,12H,3-4,8H2,1-2H3,(H,16,17). The number of aryl methyl sites for hydroxylation is 1. The van der Waals surface area contributed by atoms with Crippen molar-refractivity contribution in [2.45, 2.75) is 32.9 Å². The van der Waals surface area contributed by atoms with E-state index in [0.717, 1.165) is 30.6 Å². The van der Waals surface area contributed by atoms with E-state index in [4.69, 9.17) is 5.11 Å². The molecule has 2 rings (SSSR count). The third-order valence-corrected chi connectivity index (χ3v) is 3.52. The van der Waals surface area contributed by atoms with Crippen molar-refractivity contribution in [2.24, 2.45) is 5.92 Å². The second-order valence-corrected chi connectivity index (χ2v) is 4.82. The number of aliphatic carboxylic acids is 1. The summed E-state index contributed by atoms with van der Waals surface area (Å²) >= 11 is 0. The third-order valence-electron chi connectivity index (χ3n) is 3.52. The summed E-state index contributed by atoms with van der Waals surface area (Å²) in [6.45, 7) is 5.66. The van der Waals surface area contributed by atoms with Crippen molar-refractivity contribution in [1.29, 1.82) is 0 Å². The molecule has 0 radical (unpaired) electrons. The highest BCUT2D eigenvalue weighted by Gasteiger charge is 2.35. The first-order valence-corrected chi connectivity index (χ1v) is 5.95. The Kier molecular flexibility index (Phi) is 3.43. The first kappa shape index (κ1) is 12.0. The Morgan fingerprint density at radius 2 is 2.35 bits per heavy atom. The number of carboxylic acid groups (broad SMARTS) is 1. The maximum absolute atomic E-state index is 11.0. The normalized spacial score (nSPS) is 25.1. The molecule has 0 saturated carbocycles. The Morgan fingerprint density at radius 3 is 2.94 bits per heavy atom. The van der Waals surface area contributed by atoms with Gasteiger partial charge in [0.05, 0.1) is 5.92 Å². The van der Waals surface area contributed by atoms with E-state index in [2.05, 4.69) is 16.0 Å². The van der Waals surface area contributed by atoms with Crippen LogP contribution in [0.15, 0.2) is 18.5 Å². The van der Waals surface area contributed by atoms with Gasteiger partial charge in [-0.25, -0.2) is 0 Å². The van der Waals surface area contributed by atoms with Gasteiger partial charge in [0.2, 0.25) is 0 Å². The first-order valence-electron chi connectivity index (χ1n) is 5.95. The van der Waals surface area contributed by atoms with Crippen molar-refractivity contribution in [3.8, 4) is 0 Å². The SMILES string of the molecule is Cc1cncc(CN2CCC(C(=O)O)C2C)c1. The summed E-state index contributed by atoms with van der Waals surface area (Å²) in [7, 11) is 0. The van der Waals surface area contributed by atoms with Crippen molar-refractivity contribution in [3.05, 3.63) is 29.6 Å². The fourth-order valence-corrected chi connectivity index (χ4v) is 2.50. The Morgan fingerprint density at radius 1 is 1.59 bits per heavy atom.